The smallest absolute Gasteiger partial charge is 0.0125 e. The molecule has 0 aliphatic rings. The summed E-state index contributed by atoms with van der Waals surface area (Å²) in [5, 5.41) is 1.77. The summed E-state index contributed by atoms with van der Waals surface area (Å²) >= 11 is 0. The van der Waals surface area contributed by atoms with Crippen molar-refractivity contribution in [2.45, 2.75) is 58.3 Å². The predicted octanol–water partition coefficient (Wildman–Crippen LogP) is 2.93. The summed E-state index contributed by atoms with van der Waals surface area (Å²) in [5.41, 5.74) is 0. The Bertz CT molecular complexity index is 92.1. The van der Waals surface area contributed by atoms with E-state index in [1.165, 1.54) is 51.4 Å². The van der Waals surface area contributed by atoms with Crippen LogP contribution in [0.5, 0.6) is 0 Å². The van der Waals surface area contributed by atoms with Crippen LogP contribution in [0, 0.1) is 0 Å². The van der Waals surface area contributed by atoms with Gasteiger partial charge in [0.25, 0.3) is 0 Å². The second kappa shape index (κ2) is 10.0. The van der Waals surface area contributed by atoms with Gasteiger partial charge in [-0.1, -0.05) is 51.9 Å². The van der Waals surface area contributed by atoms with E-state index in [0.29, 0.717) is 0 Å². The van der Waals surface area contributed by atoms with Gasteiger partial charge in [0.05, 0.1) is 0 Å². The average molecular weight is 186 g/mol. The standard InChI is InChI=1S/C11H26N2/c1-3-4-5-6-7-8-9-10-11-13(2)12/h3-12H2,1-2H3. The van der Waals surface area contributed by atoms with Gasteiger partial charge in [-0.15, -0.1) is 0 Å². The lowest BCUT2D eigenvalue weighted by Crippen LogP contribution is -2.26. The van der Waals surface area contributed by atoms with E-state index in [9.17, 15) is 0 Å². The third-order valence-corrected chi connectivity index (χ3v) is 2.36. The molecule has 0 amide bonds. The Morgan fingerprint density at radius 3 is 1.77 bits per heavy atom. The van der Waals surface area contributed by atoms with E-state index in [-0.39, 0.29) is 0 Å². The Morgan fingerprint density at radius 1 is 0.846 bits per heavy atom. The minimum atomic E-state index is 1.04. The Labute approximate surface area is 83.5 Å². The Morgan fingerprint density at radius 2 is 1.31 bits per heavy atom. The number of hydrogen-bond donors (Lipinski definition) is 1. The van der Waals surface area contributed by atoms with Gasteiger partial charge in [-0.25, -0.2) is 0 Å². The number of unbranched alkanes of at least 4 members (excludes halogenated alkanes) is 7. The van der Waals surface area contributed by atoms with Gasteiger partial charge >= 0.3 is 0 Å². The summed E-state index contributed by atoms with van der Waals surface area (Å²) in [5.74, 6) is 5.51. The van der Waals surface area contributed by atoms with Gasteiger partial charge < -0.3 is 0 Å². The molecular formula is C11H26N2. The fourth-order valence-corrected chi connectivity index (χ4v) is 1.50. The van der Waals surface area contributed by atoms with Crippen molar-refractivity contribution in [1.82, 2.24) is 5.01 Å². The lowest BCUT2D eigenvalue weighted by Gasteiger charge is -2.08. The van der Waals surface area contributed by atoms with Crippen molar-refractivity contribution in [3.8, 4) is 0 Å². The van der Waals surface area contributed by atoms with E-state index in [0.717, 1.165) is 6.54 Å². The molecule has 80 valence electrons. The maximum atomic E-state index is 5.51. The molecule has 0 heterocycles. The van der Waals surface area contributed by atoms with Crippen LogP contribution in [0.15, 0.2) is 0 Å². The Kier molecular flexibility index (Phi) is 9.94. The third kappa shape index (κ3) is 11.9. The lowest BCUT2D eigenvalue weighted by molar-refractivity contribution is 0.336. The normalized spacial score (nSPS) is 11.1. The minimum Gasteiger partial charge on any atom is -0.269 e. The van der Waals surface area contributed by atoms with Crippen LogP contribution in [0.3, 0.4) is 0 Å². The molecule has 2 N–H and O–H groups in total. The van der Waals surface area contributed by atoms with Gasteiger partial charge in [-0.2, -0.15) is 0 Å². The molecule has 0 bridgehead atoms. The molecule has 0 fully saturated rings. The first-order valence-electron chi connectivity index (χ1n) is 5.73. The van der Waals surface area contributed by atoms with Crippen LogP contribution in [0.25, 0.3) is 0 Å². The highest BCUT2D eigenvalue weighted by Gasteiger charge is 1.92. The molecule has 2 heteroatoms. The third-order valence-electron chi connectivity index (χ3n) is 2.36. The van der Waals surface area contributed by atoms with Crippen molar-refractivity contribution >= 4 is 0 Å². The molecule has 13 heavy (non-hydrogen) atoms. The molecule has 0 aliphatic heterocycles. The zero-order valence-corrected chi connectivity index (χ0v) is 9.39. The van der Waals surface area contributed by atoms with Crippen molar-refractivity contribution in [2.75, 3.05) is 13.6 Å². The van der Waals surface area contributed by atoms with E-state index in [4.69, 9.17) is 5.84 Å². The van der Waals surface area contributed by atoms with Crippen LogP contribution in [-0.2, 0) is 0 Å². The van der Waals surface area contributed by atoms with E-state index < -0.39 is 0 Å². The molecule has 0 aromatic carbocycles. The van der Waals surface area contributed by atoms with Gasteiger partial charge in [0.1, 0.15) is 0 Å². The topological polar surface area (TPSA) is 29.3 Å². The molecule has 0 radical (unpaired) electrons. The quantitative estimate of drug-likeness (QED) is 0.341. The molecular weight excluding hydrogens is 160 g/mol. The largest absolute Gasteiger partial charge is 0.269 e. The lowest BCUT2D eigenvalue weighted by atomic mass is 10.1. The highest BCUT2D eigenvalue weighted by molar-refractivity contribution is 4.47. The molecule has 0 atom stereocenters. The summed E-state index contributed by atoms with van der Waals surface area (Å²) in [6, 6.07) is 0. The Balaban J connectivity index is 2.84. The number of nitrogens with zero attached hydrogens (tertiary/aromatic N) is 1. The molecule has 0 aliphatic carbocycles. The van der Waals surface area contributed by atoms with E-state index >= 15 is 0 Å². The van der Waals surface area contributed by atoms with Crippen molar-refractivity contribution in [3.63, 3.8) is 0 Å². The van der Waals surface area contributed by atoms with Crippen LogP contribution < -0.4 is 5.84 Å². The highest BCUT2D eigenvalue weighted by atomic mass is 15.4. The van der Waals surface area contributed by atoms with Crippen LogP contribution in [0.1, 0.15) is 58.3 Å². The predicted molar refractivity (Wildman–Crippen MR) is 59.4 cm³/mol. The average Bonchev–Trinajstić information content (AvgIpc) is 2.09. The van der Waals surface area contributed by atoms with Gasteiger partial charge in [0.15, 0.2) is 0 Å². The van der Waals surface area contributed by atoms with Crippen LogP contribution in [0.2, 0.25) is 0 Å². The zero-order chi connectivity index (χ0) is 9.94. The first-order valence-corrected chi connectivity index (χ1v) is 5.73. The highest BCUT2D eigenvalue weighted by Crippen LogP contribution is 2.08. The molecule has 0 rings (SSSR count). The van der Waals surface area contributed by atoms with Gasteiger partial charge in [0.2, 0.25) is 0 Å². The summed E-state index contributed by atoms with van der Waals surface area (Å²) in [4.78, 5) is 0. The van der Waals surface area contributed by atoms with Crippen molar-refractivity contribution in [3.05, 3.63) is 0 Å². The monoisotopic (exact) mass is 186 g/mol. The number of rotatable bonds is 9. The maximum Gasteiger partial charge on any atom is 0.0125 e. The van der Waals surface area contributed by atoms with Crippen LogP contribution in [0.4, 0.5) is 0 Å². The SMILES string of the molecule is CCCCCCCCCCN(C)N. The second-order valence-electron chi connectivity index (χ2n) is 3.96. The summed E-state index contributed by atoms with van der Waals surface area (Å²) in [7, 11) is 1.93. The van der Waals surface area contributed by atoms with Crippen molar-refractivity contribution in [1.29, 1.82) is 0 Å². The van der Waals surface area contributed by atoms with Crippen LogP contribution >= 0.6 is 0 Å². The molecule has 0 saturated carbocycles. The van der Waals surface area contributed by atoms with Crippen LogP contribution in [-0.4, -0.2) is 18.6 Å². The first kappa shape index (κ1) is 12.9. The second-order valence-corrected chi connectivity index (χ2v) is 3.96. The first-order chi connectivity index (χ1) is 6.27. The molecule has 0 spiro atoms. The molecule has 2 nitrogen and oxygen atoms in total. The summed E-state index contributed by atoms with van der Waals surface area (Å²) in [6.45, 7) is 3.30. The minimum absolute atomic E-state index is 1.04. The number of nitrogens with two attached hydrogens (primary N) is 1. The van der Waals surface area contributed by atoms with Gasteiger partial charge in [0, 0.05) is 13.6 Å². The van der Waals surface area contributed by atoms with Crippen molar-refractivity contribution in [2.24, 2.45) is 5.84 Å². The maximum absolute atomic E-state index is 5.51. The summed E-state index contributed by atoms with van der Waals surface area (Å²) < 4.78 is 0. The zero-order valence-electron chi connectivity index (χ0n) is 9.39. The fraction of sp³-hybridized carbons (Fsp3) is 1.00. The molecule has 0 saturated heterocycles. The van der Waals surface area contributed by atoms with E-state index in [2.05, 4.69) is 6.92 Å². The van der Waals surface area contributed by atoms with Gasteiger partial charge in [-0.3, -0.25) is 10.9 Å². The number of hydrogen-bond acceptors (Lipinski definition) is 2. The van der Waals surface area contributed by atoms with Crippen molar-refractivity contribution < 1.29 is 0 Å². The number of hydrazine groups is 1. The molecule has 0 aromatic heterocycles. The molecule has 0 unspecified atom stereocenters. The fourth-order valence-electron chi connectivity index (χ4n) is 1.50. The van der Waals surface area contributed by atoms with E-state index in [1.807, 2.05) is 7.05 Å². The molecule has 0 aromatic rings. The van der Waals surface area contributed by atoms with Gasteiger partial charge in [-0.05, 0) is 6.42 Å². The summed E-state index contributed by atoms with van der Waals surface area (Å²) in [6.07, 6.45) is 11.0. The Hall–Kier alpha value is -0.0800. The van der Waals surface area contributed by atoms with E-state index in [1.54, 1.807) is 5.01 Å².